The summed E-state index contributed by atoms with van der Waals surface area (Å²) in [6, 6.07) is 0.791. The van der Waals surface area contributed by atoms with Crippen molar-refractivity contribution >= 4 is 0 Å². The summed E-state index contributed by atoms with van der Waals surface area (Å²) in [7, 11) is 0. The fourth-order valence-corrected chi connectivity index (χ4v) is 2.07. The molecule has 0 aliphatic heterocycles. The molecule has 2 heteroatoms. The van der Waals surface area contributed by atoms with E-state index in [9.17, 15) is 5.11 Å². The minimum absolute atomic E-state index is 0.243. The average Bonchev–Trinajstić information content (AvgIpc) is 2.19. The Hall–Kier alpha value is -0.0800. The SMILES string of the molecule is CCCC(C)C(CC)N[C@H](CO)C(C)C. The Balaban J connectivity index is 4.16. The number of rotatable bonds is 8. The second-order valence-electron chi connectivity index (χ2n) is 4.98. The molecule has 0 aliphatic rings. The summed E-state index contributed by atoms with van der Waals surface area (Å²) >= 11 is 0. The standard InChI is InChI=1S/C13H29NO/c1-6-8-11(5)12(7-2)14-13(9-15)10(3)4/h10-15H,6-9H2,1-5H3/t11?,12?,13-/m1/s1. The second kappa shape index (κ2) is 8.12. The summed E-state index contributed by atoms with van der Waals surface area (Å²) in [4.78, 5) is 0. The molecule has 0 aromatic rings. The zero-order valence-corrected chi connectivity index (χ0v) is 11.1. The van der Waals surface area contributed by atoms with E-state index in [0.717, 1.165) is 6.42 Å². The molecule has 0 aromatic carbocycles. The molecule has 15 heavy (non-hydrogen) atoms. The van der Waals surface area contributed by atoms with E-state index in [2.05, 4.69) is 39.9 Å². The van der Waals surface area contributed by atoms with Gasteiger partial charge in [0.2, 0.25) is 0 Å². The van der Waals surface area contributed by atoms with E-state index in [1.165, 1.54) is 12.8 Å². The van der Waals surface area contributed by atoms with Crippen LogP contribution in [0.4, 0.5) is 0 Å². The molecule has 0 radical (unpaired) electrons. The fourth-order valence-electron chi connectivity index (χ4n) is 2.07. The van der Waals surface area contributed by atoms with E-state index in [1.807, 2.05) is 0 Å². The summed E-state index contributed by atoms with van der Waals surface area (Å²) in [6.45, 7) is 11.3. The maximum Gasteiger partial charge on any atom is 0.0587 e. The second-order valence-corrected chi connectivity index (χ2v) is 4.98. The van der Waals surface area contributed by atoms with E-state index in [1.54, 1.807) is 0 Å². The average molecular weight is 215 g/mol. The molecule has 2 nitrogen and oxygen atoms in total. The van der Waals surface area contributed by atoms with E-state index >= 15 is 0 Å². The van der Waals surface area contributed by atoms with Gasteiger partial charge < -0.3 is 10.4 Å². The first-order valence-electron chi connectivity index (χ1n) is 6.43. The van der Waals surface area contributed by atoms with E-state index in [0.29, 0.717) is 17.9 Å². The van der Waals surface area contributed by atoms with Crippen molar-refractivity contribution in [3.63, 3.8) is 0 Å². The predicted octanol–water partition coefficient (Wildman–Crippen LogP) is 2.81. The Labute approximate surface area is 95.5 Å². The molecule has 2 N–H and O–H groups in total. The van der Waals surface area contributed by atoms with Crippen LogP contribution in [-0.4, -0.2) is 23.8 Å². The van der Waals surface area contributed by atoms with Crippen molar-refractivity contribution in [1.82, 2.24) is 5.32 Å². The zero-order chi connectivity index (χ0) is 11.8. The van der Waals surface area contributed by atoms with Crippen LogP contribution >= 0.6 is 0 Å². The topological polar surface area (TPSA) is 32.3 Å². The maximum atomic E-state index is 9.29. The summed E-state index contributed by atoms with van der Waals surface area (Å²) in [5.74, 6) is 1.20. The van der Waals surface area contributed by atoms with Crippen molar-refractivity contribution < 1.29 is 5.11 Å². The number of aliphatic hydroxyl groups is 1. The van der Waals surface area contributed by atoms with Gasteiger partial charge in [-0.2, -0.15) is 0 Å². The molecule has 0 aliphatic carbocycles. The molecule has 3 atom stereocenters. The largest absolute Gasteiger partial charge is 0.395 e. The first kappa shape index (κ1) is 14.9. The third-order valence-corrected chi connectivity index (χ3v) is 3.30. The van der Waals surface area contributed by atoms with Crippen molar-refractivity contribution in [3.05, 3.63) is 0 Å². The predicted molar refractivity (Wildman–Crippen MR) is 67.0 cm³/mol. The molecule has 0 spiro atoms. The minimum Gasteiger partial charge on any atom is -0.395 e. The van der Waals surface area contributed by atoms with Gasteiger partial charge in [-0.05, 0) is 24.7 Å². The highest BCUT2D eigenvalue weighted by Gasteiger charge is 2.20. The summed E-state index contributed by atoms with van der Waals surface area (Å²) in [5.41, 5.74) is 0. The smallest absolute Gasteiger partial charge is 0.0587 e. The summed E-state index contributed by atoms with van der Waals surface area (Å²) in [5, 5.41) is 12.9. The molecule has 0 amide bonds. The highest BCUT2D eigenvalue weighted by molar-refractivity contribution is 4.78. The molecule has 0 rings (SSSR count). The van der Waals surface area contributed by atoms with Crippen LogP contribution in [0.25, 0.3) is 0 Å². The molecule has 0 heterocycles. The van der Waals surface area contributed by atoms with Crippen molar-refractivity contribution in [2.45, 2.75) is 66.0 Å². The van der Waals surface area contributed by atoms with Gasteiger partial charge in [-0.15, -0.1) is 0 Å². The van der Waals surface area contributed by atoms with Crippen molar-refractivity contribution in [2.75, 3.05) is 6.61 Å². The van der Waals surface area contributed by atoms with E-state index in [-0.39, 0.29) is 12.6 Å². The van der Waals surface area contributed by atoms with Crippen LogP contribution in [0, 0.1) is 11.8 Å². The highest BCUT2D eigenvalue weighted by Crippen LogP contribution is 2.15. The quantitative estimate of drug-likeness (QED) is 0.652. The Kier molecular flexibility index (Phi) is 8.07. The Bertz CT molecular complexity index is 147. The highest BCUT2D eigenvalue weighted by atomic mass is 16.3. The first-order valence-corrected chi connectivity index (χ1v) is 6.43. The lowest BCUT2D eigenvalue weighted by Crippen LogP contribution is -2.46. The third kappa shape index (κ3) is 5.53. The summed E-state index contributed by atoms with van der Waals surface area (Å²) < 4.78 is 0. The molecular weight excluding hydrogens is 186 g/mol. The monoisotopic (exact) mass is 215 g/mol. The maximum absolute atomic E-state index is 9.29. The Morgan fingerprint density at radius 3 is 2.00 bits per heavy atom. The van der Waals surface area contributed by atoms with Crippen LogP contribution in [0.5, 0.6) is 0 Å². The molecule has 0 saturated heterocycles. The van der Waals surface area contributed by atoms with Crippen molar-refractivity contribution in [2.24, 2.45) is 11.8 Å². The molecule has 0 fully saturated rings. The summed E-state index contributed by atoms with van der Waals surface area (Å²) in [6.07, 6.45) is 3.65. The number of hydrogen-bond acceptors (Lipinski definition) is 2. The lowest BCUT2D eigenvalue weighted by Gasteiger charge is -2.30. The van der Waals surface area contributed by atoms with Gasteiger partial charge >= 0.3 is 0 Å². The van der Waals surface area contributed by atoms with Gasteiger partial charge in [-0.3, -0.25) is 0 Å². The van der Waals surface area contributed by atoms with Crippen LogP contribution in [0.3, 0.4) is 0 Å². The Morgan fingerprint density at radius 2 is 1.67 bits per heavy atom. The van der Waals surface area contributed by atoms with Crippen LogP contribution in [0.15, 0.2) is 0 Å². The lowest BCUT2D eigenvalue weighted by molar-refractivity contribution is 0.182. The molecular formula is C13H29NO. The fraction of sp³-hybridized carbons (Fsp3) is 1.00. The lowest BCUT2D eigenvalue weighted by atomic mass is 9.93. The normalized spacial score (nSPS) is 17.8. The number of nitrogens with one attached hydrogen (secondary N) is 1. The van der Waals surface area contributed by atoms with Crippen molar-refractivity contribution in [1.29, 1.82) is 0 Å². The Morgan fingerprint density at radius 1 is 1.07 bits per heavy atom. The van der Waals surface area contributed by atoms with Crippen LogP contribution in [0.2, 0.25) is 0 Å². The van der Waals surface area contributed by atoms with Crippen LogP contribution < -0.4 is 5.32 Å². The molecule has 0 saturated carbocycles. The van der Waals surface area contributed by atoms with Gasteiger partial charge in [0.1, 0.15) is 0 Å². The van der Waals surface area contributed by atoms with Crippen LogP contribution in [0.1, 0.15) is 53.9 Å². The molecule has 0 aromatic heterocycles. The van der Waals surface area contributed by atoms with Gasteiger partial charge in [0.25, 0.3) is 0 Å². The zero-order valence-electron chi connectivity index (χ0n) is 11.1. The van der Waals surface area contributed by atoms with Gasteiger partial charge in [0, 0.05) is 12.1 Å². The van der Waals surface area contributed by atoms with Gasteiger partial charge in [0.15, 0.2) is 0 Å². The third-order valence-electron chi connectivity index (χ3n) is 3.30. The first-order chi connectivity index (χ1) is 7.06. The van der Waals surface area contributed by atoms with Gasteiger partial charge in [-0.1, -0.05) is 41.0 Å². The van der Waals surface area contributed by atoms with E-state index in [4.69, 9.17) is 0 Å². The number of aliphatic hydroxyl groups excluding tert-OH is 1. The van der Waals surface area contributed by atoms with Crippen LogP contribution in [-0.2, 0) is 0 Å². The number of hydrogen-bond donors (Lipinski definition) is 2. The minimum atomic E-state index is 0.243. The van der Waals surface area contributed by atoms with Gasteiger partial charge in [0.05, 0.1) is 6.61 Å². The molecule has 2 unspecified atom stereocenters. The molecule has 0 bridgehead atoms. The van der Waals surface area contributed by atoms with Crippen molar-refractivity contribution in [3.8, 4) is 0 Å². The van der Waals surface area contributed by atoms with Gasteiger partial charge in [-0.25, -0.2) is 0 Å². The molecule has 92 valence electrons. The van der Waals surface area contributed by atoms with E-state index < -0.39 is 0 Å².